The number of aliphatic hydroxyl groups is 1. The van der Waals surface area contributed by atoms with E-state index in [-0.39, 0.29) is 5.91 Å². The second-order valence-corrected chi connectivity index (χ2v) is 7.91. The van der Waals surface area contributed by atoms with Crippen LogP contribution in [0.1, 0.15) is 28.9 Å². The molecule has 2 aromatic heterocycles. The van der Waals surface area contributed by atoms with Crippen molar-refractivity contribution in [3.05, 3.63) is 65.1 Å². The van der Waals surface area contributed by atoms with E-state index >= 15 is 0 Å². The van der Waals surface area contributed by atoms with Crippen molar-refractivity contribution in [1.29, 1.82) is 0 Å². The Kier molecular flexibility index (Phi) is 6.01. The highest BCUT2D eigenvalue weighted by molar-refractivity contribution is 6.30. The largest absolute Gasteiger partial charge is 0.381 e. The van der Waals surface area contributed by atoms with Gasteiger partial charge in [-0.15, -0.1) is 0 Å². The highest BCUT2D eigenvalue weighted by Crippen LogP contribution is 2.19. The lowest BCUT2D eigenvalue weighted by Crippen LogP contribution is -2.52. The van der Waals surface area contributed by atoms with E-state index in [2.05, 4.69) is 15.3 Å². The fourth-order valence-corrected chi connectivity index (χ4v) is 3.95. The predicted octanol–water partition coefficient (Wildman–Crippen LogP) is 2.54. The molecule has 7 nitrogen and oxygen atoms in total. The lowest BCUT2D eigenvalue weighted by molar-refractivity contribution is -0.140. The number of nitrogens with one attached hydrogen (secondary N) is 2. The van der Waals surface area contributed by atoms with Crippen molar-refractivity contribution in [1.82, 2.24) is 20.2 Å². The Morgan fingerprint density at radius 1 is 1.20 bits per heavy atom. The molecule has 1 aliphatic heterocycles. The molecule has 1 aromatic carbocycles. The van der Waals surface area contributed by atoms with Gasteiger partial charge in [-0.05, 0) is 37.0 Å². The highest BCUT2D eigenvalue weighted by atomic mass is 35.5. The maximum absolute atomic E-state index is 12.9. The Balaban J connectivity index is 1.55. The van der Waals surface area contributed by atoms with Crippen LogP contribution in [0.4, 0.5) is 0 Å². The molecule has 0 saturated carbocycles. The minimum Gasteiger partial charge on any atom is -0.381 e. The van der Waals surface area contributed by atoms with E-state index in [0.29, 0.717) is 35.9 Å². The van der Waals surface area contributed by atoms with Crippen LogP contribution in [0.25, 0.3) is 10.9 Å². The summed E-state index contributed by atoms with van der Waals surface area (Å²) in [6, 6.07) is 12.1. The number of aliphatic hydroxyl groups excluding tert-OH is 1. The first kappa shape index (κ1) is 20.4. The van der Waals surface area contributed by atoms with E-state index in [1.165, 1.54) is 0 Å². The zero-order chi connectivity index (χ0) is 21.1. The van der Waals surface area contributed by atoms with Crippen molar-refractivity contribution >= 4 is 34.3 Å². The normalized spacial score (nSPS) is 15.9. The van der Waals surface area contributed by atoms with Crippen LogP contribution in [-0.2, 0) is 11.2 Å². The van der Waals surface area contributed by atoms with E-state index in [4.69, 9.17) is 11.6 Å². The molecule has 0 radical (unpaired) electrons. The van der Waals surface area contributed by atoms with Gasteiger partial charge in [0.15, 0.2) is 6.10 Å². The minimum absolute atomic E-state index is 0.313. The third-order valence-electron chi connectivity index (χ3n) is 5.38. The summed E-state index contributed by atoms with van der Waals surface area (Å²) in [5.74, 6) is -0.752. The number of hydrogen-bond donors (Lipinski definition) is 3. The summed E-state index contributed by atoms with van der Waals surface area (Å²) in [5.41, 5.74) is 1.91. The van der Waals surface area contributed by atoms with Gasteiger partial charge in [-0.1, -0.05) is 41.9 Å². The summed E-state index contributed by atoms with van der Waals surface area (Å²) >= 11 is 5.92. The van der Waals surface area contributed by atoms with Gasteiger partial charge in [0.2, 0.25) is 0 Å². The summed E-state index contributed by atoms with van der Waals surface area (Å²) in [7, 11) is 0. The third kappa shape index (κ3) is 4.47. The van der Waals surface area contributed by atoms with Crippen molar-refractivity contribution in [2.24, 2.45) is 0 Å². The molecule has 156 valence electrons. The molecule has 0 spiro atoms. The van der Waals surface area contributed by atoms with Crippen LogP contribution >= 0.6 is 11.6 Å². The molecule has 0 unspecified atom stereocenters. The Bertz CT molecular complexity index is 1050. The summed E-state index contributed by atoms with van der Waals surface area (Å²) in [6.45, 7) is 1.27. The molecular weight excluding hydrogens is 404 g/mol. The van der Waals surface area contributed by atoms with E-state index in [1.807, 2.05) is 30.3 Å². The Morgan fingerprint density at radius 3 is 2.67 bits per heavy atom. The molecule has 0 bridgehead atoms. The quantitative estimate of drug-likeness (QED) is 0.527. The Labute approximate surface area is 179 Å². The van der Waals surface area contributed by atoms with Gasteiger partial charge in [0, 0.05) is 18.5 Å². The molecule has 1 saturated heterocycles. The molecule has 1 fully saturated rings. The molecule has 2 amide bonds. The number of hydrogen-bond acceptors (Lipinski definition) is 4. The molecule has 3 heterocycles. The summed E-state index contributed by atoms with van der Waals surface area (Å²) < 4.78 is 0. The fraction of sp³-hybridized carbons (Fsp3) is 0.318. The molecular formula is C22H23ClN4O3. The van der Waals surface area contributed by atoms with E-state index in [0.717, 1.165) is 23.8 Å². The number of pyridine rings is 1. The first-order valence-electron chi connectivity index (χ1n) is 9.97. The average Bonchev–Trinajstić information content (AvgIpc) is 3.42. The smallest absolute Gasteiger partial charge is 0.268 e. The van der Waals surface area contributed by atoms with Gasteiger partial charge < -0.3 is 20.3 Å². The average molecular weight is 427 g/mol. The first-order chi connectivity index (χ1) is 14.5. The van der Waals surface area contributed by atoms with Crippen LogP contribution in [-0.4, -0.2) is 57.0 Å². The molecule has 0 aliphatic carbocycles. The van der Waals surface area contributed by atoms with Crippen LogP contribution < -0.4 is 5.32 Å². The van der Waals surface area contributed by atoms with Crippen molar-refractivity contribution in [2.45, 2.75) is 31.4 Å². The standard InChI is InChI=1S/C22H23ClN4O3/c23-19-12-15-11-17(25-18(15)13-24-19)21(29)26-16(10-14-6-2-1-3-7-14)20(28)22(30)27-8-4-5-9-27/h1-3,6-7,11-13,16,20,25,28H,4-5,8-10H2,(H,26,29)/t16-,20-/m0/s1. The maximum Gasteiger partial charge on any atom is 0.268 e. The molecule has 8 heteroatoms. The van der Waals surface area contributed by atoms with Crippen LogP contribution in [0.3, 0.4) is 0 Å². The molecule has 3 aromatic rings. The van der Waals surface area contributed by atoms with E-state index in [9.17, 15) is 14.7 Å². The second kappa shape index (κ2) is 8.85. The SMILES string of the molecule is O=C(N[C@@H](Cc1ccccc1)[C@H](O)C(=O)N1CCCC1)c1cc2cc(Cl)ncc2[nH]1. The molecule has 2 atom stereocenters. The summed E-state index contributed by atoms with van der Waals surface area (Å²) in [5, 5.41) is 14.8. The van der Waals surface area contributed by atoms with Gasteiger partial charge in [-0.25, -0.2) is 4.98 Å². The van der Waals surface area contributed by atoms with Crippen LogP contribution in [0.2, 0.25) is 5.15 Å². The number of carbonyl (C=O) groups excluding carboxylic acids is 2. The van der Waals surface area contributed by atoms with Crippen LogP contribution in [0.5, 0.6) is 0 Å². The zero-order valence-electron chi connectivity index (χ0n) is 16.3. The lowest BCUT2D eigenvalue weighted by atomic mass is 10.00. The molecule has 3 N–H and O–H groups in total. The summed E-state index contributed by atoms with van der Waals surface area (Å²) in [4.78, 5) is 34.4. The number of fused-ring (bicyclic) bond motifs is 1. The van der Waals surface area contributed by atoms with Crippen molar-refractivity contribution in [3.8, 4) is 0 Å². The maximum atomic E-state index is 12.9. The van der Waals surface area contributed by atoms with Crippen LogP contribution in [0.15, 0.2) is 48.7 Å². The third-order valence-corrected chi connectivity index (χ3v) is 5.59. The van der Waals surface area contributed by atoms with Crippen molar-refractivity contribution in [3.63, 3.8) is 0 Å². The lowest BCUT2D eigenvalue weighted by Gasteiger charge is -2.27. The van der Waals surface area contributed by atoms with Crippen molar-refractivity contribution in [2.75, 3.05) is 13.1 Å². The number of likely N-dealkylation sites (tertiary alicyclic amines) is 1. The second-order valence-electron chi connectivity index (χ2n) is 7.52. The van der Waals surface area contributed by atoms with Gasteiger partial charge in [-0.2, -0.15) is 0 Å². The van der Waals surface area contributed by atoms with Crippen molar-refractivity contribution < 1.29 is 14.7 Å². The number of benzene rings is 1. The molecule has 30 heavy (non-hydrogen) atoms. The first-order valence-corrected chi connectivity index (χ1v) is 10.3. The summed E-state index contributed by atoms with van der Waals surface area (Å²) in [6.07, 6.45) is 2.43. The number of rotatable bonds is 6. The number of carbonyl (C=O) groups is 2. The predicted molar refractivity (Wildman–Crippen MR) is 114 cm³/mol. The number of aromatic nitrogens is 2. The molecule has 4 rings (SSSR count). The van der Waals surface area contributed by atoms with E-state index in [1.54, 1.807) is 23.2 Å². The number of H-pyrrole nitrogens is 1. The topological polar surface area (TPSA) is 98.3 Å². The van der Waals surface area contributed by atoms with Gasteiger partial charge >= 0.3 is 0 Å². The van der Waals surface area contributed by atoms with Crippen LogP contribution in [0, 0.1) is 0 Å². The van der Waals surface area contributed by atoms with Gasteiger partial charge in [0.25, 0.3) is 11.8 Å². The fourth-order valence-electron chi connectivity index (χ4n) is 3.78. The molecule has 1 aliphatic rings. The number of aromatic amines is 1. The Morgan fingerprint density at radius 2 is 1.93 bits per heavy atom. The van der Waals surface area contributed by atoms with Gasteiger partial charge in [0.05, 0.1) is 17.8 Å². The van der Waals surface area contributed by atoms with Gasteiger partial charge in [0.1, 0.15) is 10.8 Å². The number of halogens is 1. The Hall–Kier alpha value is -2.90. The number of nitrogens with zero attached hydrogens (tertiary/aromatic N) is 2. The minimum atomic E-state index is -1.33. The zero-order valence-corrected chi connectivity index (χ0v) is 17.1. The number of amides is 2. The highest BCUT2D eigenvalue weighted by Gasteiger charge is 2.32. The van der Waals surface area contributed by atoms with Gasteiger partial charge in [-0.3, -0.25) is 9.59 Å². The van der Waals surface area contributed by atoms with E-state index < -0.39 is 18.1 Å². The monoisotopic (exact) mass is 426 g/mol.